The molecule has 0 bridgehead atoms. The van der Waals surface area contributed by atoms with E-state index in [9.17, 15) is 4.79 Å². The number of amides is 2. The van der Waals surface area contributed by atoms with E-state index >= 15 is 0 Å². The first-order chi connectivity index (χ1) is 12.2. The number of nitrogens with zero attached hydrogens (tertiary/aromatic N) is 2. The first kappa shape index (κ1) is 17.1. The van der Waals surface area contributed by atoms with Crippen molar-refractivity contribution in [3.63, 3.8) is 0 Å². The summed E-state index contributed by atoms with van der Waals surface area (Å²) in [7, 11) is 1.57. The van der Waals surface area contributed by atoms with Gasteiger partial charge in [-0.25, -0.2) is 9.78 Å². The average molecular weight is 340 g/mol. The number of benzene rings is 1. The standard InChI is InChI=1S/C19H24N4O2/c1-14-5-3-4-6-17(14)21-15-9-11-23(12-10-15)19(24)22-16-7-8-18(25-2)20-13-16/h3-8,13,15,21H,9-12H2,1-2H3,(H,22,24). The monoisotopic (exact) mass is 340 g/mol. The van der Waals surface area contributed by atoms with Gasteiger partial charge < -0.3 is 20.3 Å². The predicted octanol–water partition coefficient (Wildman–Crippen LogP) is 3.51. The largest absolute Gasteiger partial charge is 0.481 e. The summed E-state index contributed by atoms with van der Waals surface area (Å²) in [4.78, 5) is 18.3. The van der Waals surface area contributed by atoms with Crippen LogP contribution >= 0.6 is 0 Å². The first-order valence-electron chi connectivity index (χ1n) is 8.54. The summed E-state index contributed by atoms with van der Waals surface area (Å²) in [5.41, 5.74) is 3.09. The summed E-state index contributed by atoms with van der Waals surface area (Å²) in [6.07, 6.45) is 3.47. The predicted molar refractivity (Wildman–Crippen MR) is 99.2 cm³/mol. The lowest BCUT2D eigenvalue weighted by Crippen LogP contribution is -2.44. The van der Waals surface area contributed by atoms with Gasteiger partial charge in [-0.05, 0) is 37.5 Å². The van der Waals surface area contributed by atoms with Gasteiger partial charge in [-0.3, -0.25) is 0 Å². The summed E-state index contributed by atoms with van der Waals surface area (Å²) in [5, 5.41) is 6.47. The van der Waals surface area contributed by atoms with Crippen LogP contribution in [0.3, 0.4) is 0 Å². The van der Waals surface area contributed by atoms with Crippen molar-refractivity contribution < 1.29 is 9.53 Å². The number of methoxy groups -OCH3 is 1. The highest BCUT2D eigenvalue weighted by molar-refractivity contribution is 5.89. The Labute approximate surface area is 148 Å². The Bertz CT molecular complexity index is 710. The molecule has 0 spiro atoms. The van der Waals surface area contributed by atoms with E-state index in [0.29, 0.717) is 17.6 Å². The average Bonchev–Trinajstić information content (AvgIpc) is 2.65. The molecule has 1 aromatic heterocycles. The number of hydrogen-bond donors (Lipinski definition) is 2. The van der Waals surface area contributed by atoms with E-state index in [-0.39, 0.29) is 6.03 Å². The number of aryl methyl sites for hydroxylation is 1. The van der Waals surface area contributed by atoms with Crippen LogP contribution in [0.4, 0.5) is 16.2 Å². The SMILES string of the molecule is COc1ccc(NC(=O)N2CCC(Nc3ccccc3C)CC2)cn1. The molecule has 25 heavy (non-hydrogen) atoms. The number of anilines is 2. The summed E-state index contributed by atoms with van der Waals surface area (Å²) in [6.45, 7) is 3.58. The van der Waals surface area contributed by atoms with Crippen LogP contribution in [-0.2, 0) is 0 Å². The normalized spacial score (nSPS) is 14.9. The molecular weight excluding hydrogens is 316 g/mol. The summed E-state index contributed by atoms with van der Waals surface area (Å²) >= 11 is 0. The lowest BCUT2D eigenvalue weighted by atomic mass is 10.0. The molecule has 2 heterocycles. The lowest BCUT2D eigenvalue weighted by Gasteiger charge is -2.33. The molecule has 0 saturated carbocycles. The zero-order valence-corrected chi connectivity index (χ0v) is 14.7. The Hall–Kier alpha value is -2.76. The number of carbonyl (C=O) groups is 1. The van der Waals surface area contributed by atoms with E-state index in [1.54, 1.807) is 25.4 Å². The third kappa shape index (κ3) is 4.41. The van der Waals surface area contributed by atoms with Gasteiger partial charge in [0.05, 0.1) is 19.0 Å². The van der Waals surface area contributed by atoms with Gasteiger partial charge in [0, 0.05) is 30.9 Å². The molecule has 0 unspecified atom stereocenters. The molecule has 1 aliphatic heterocycles. The fourth-order valence-corrected chi connectivity index (χ4v) is 2.96. The van der Waals surface area contributed by atoms with Crippen LogP contribution in [-0.4, -0.2) is 42.2 Å². The number of carbonyl (C=O) groups excluding carboxylic acids is 1. The van der Waals surface area contributed by atoms with Crippen molar-refractivity contribution in [2.75, 3.05) is 30.8 Å². The molecule has 1 fully saturated rings. The molecule has 6 nitrogen and oxygen atoms in total. The Kier molecular flexibility index (Phi) is 5.38. The molecule has 2 N–H and O–H groups in total. The number of para-hydroxylation sites is 1. The molecule has 132 valence electrons. The van der Waals surface area contributed by atoms with Gasteiger partial charge in [0.25, 0.3) is 0 Å². The number of aromatic nitrogens is 1. The molecule has 1 saturated heterocycles. The van der Waals surface area contributed by atoms with Crippen molar-refractivity contribution in [1.82, 2.24) is 9.88 Å². The molecule has 0 aliphatic carbocycles. The fraction of sp³-hybridized carbons (Fsp3) is 0.368. The van der Waals surface area contributed by atoms with Gasteiger partial charge in [-0.2, -0.15) is 0 Å². The second-order valence-electron chi connectivity index (χ2n) is 6.24. The minimum atomic E-state index is -0.0821. The quantitative estimate of drug-likeness (QED) is 0.894. The Morgan fingerprint density at radius 1 is 1.20 bits per heavy atom. The van der Waals surface area contributed by atoms with Crippen LogP contribution in [0.5, 0.6) is 5.88 Å². The zero-order valence-electron chi connectivity index (χ0n) is 14.7. The van der Waals surface area contributed by atoms with Crippen LogP contribution in [0.25, 0.3) is 0 Å². The van der Waals surface area contributed by atoms with Crippen molar-refractivity contribution >= 4 is 17.4 Å². The minimum Gasteiger partial charge on any atom is -0.481 e. The molecule has 2 amide bonds. The molecule has 2 aromatic rings. The van der Waals surface area contributed by atoms with Crippen LogP contribution in [0.1, 0.15) is 18.4 Å². The number of hydrogen-bond acceptors (Lipinski definition) is 4. The molecule has 1 aliphatic rings. The Morgan fingerprint density at radius 3 is 2.60 bits per heavy atom. The van der Waals surface area contributed by atoms with Crippen LogP contribution in [0.15, 0.2) is 42.6 Å². The summed E-state index contributed by atoms with van der Waals surface area (Å²) < 4.78 is 5.02. The van der Waals surface area contributed by atoms with Crippen LogP contribution < -0.4 is 15.4 Å². The van der Waals surface area contributed by atoms with Gasteiger partial charge in [0.1, 0.15) is 0 Å². The molecule has 1 aromatic carbocycles. The fourth-order valence-electron chi connectivity index (χ4n) is 2.96. The number of pyridine rings is 1. The third-order valence-corrected chi connectivity index (χ3v) is 4.48. The van der Waals surface area contributed by atoms with Gasteiger partial charge >= 0.3 is 6.03 Å². The highest BCUT2D eigenvalue weighted by Gasteiger charge is 2.23. The van der Waals surface area contributed by atoms with Crippen molar-refractivity contribution in [2.24, 2.45) is 0 Å². The van der Waals surface area contributed by atoms with E-state index < -0.39 is 0 Å². The zero-order chi connectivity index (χ0) is 17.6. The lowest BCUT2D eigenvalue weighted by molar-refractivity contribution is 0.197. The second-order valence-corrected chi connectivity index (χ2v) is 6.24. The summed E-state index contributed by atoms with van der Waals surface area (Å²) in [6, 6.07) is 12.1. The molecule has 3 rings (SSSR count). The second kappa shape index (κ2) is 7.88. The minimum absolute atomic E-state index is 0.0821. The molecular formula is C19H24N4O2. The van der Waals surface area contributed by atoms with Gasteiger partial charge in [0.15, 0.2) is 0 Å². The maximum absolute atomic E-state index is 12.4. The van der Waals surface area contributed by atoms with Crippen LogP contribution in [0, 0.1) is 6.92 Å². The van der Waals surface area contributed by atoms with Gasteiger partial charge in [-0.1, -0.05) is 18.2 Å². The molecule has 6 heteroatoms. The molecule has 0 radical (unpaired) electrons. The Morgan fingerprint density at radius 2 is 1.96 bits per heavy atom. The van der Waals surface area contributed by atoms with Crippen molar-refractivity contribution in [3.05, 3.63) is 48.2 Å². The van der Waals surface area contributed by atoms with Gasteiger partial charge in [-0.15, -0.1) is 0 Å². The number of ether oxygens (including phenoxy) is 1. The third-order valence-electron chi connectivity index (χ3n) is 4.48. The number of urea groups is 1. The van der Waals surface area contributed by atoms with Gasteiger partial charge in [0.2, 0.25) is 5.88 Å². The van der Waals surface area contributed by atoms with Crippen molar-refractivity contribution in [1.29, 1.82) is 0 Å². The number of nitrogens with one attached hydrogen (secondary N) is 2. The Balaban J connectivity index is 1.49. The van der Waals surface area contributed by atoms with Crippen molar-refractivity contribution in [2.45, 2.75) is 25.8 Å². The van der Waals surface area contributed by atoms with Crippen molar-refractivity contribution in [3.8, 4) is 5.88 Å². The first-order valence-corrected chi connectivity index (χ1v) is 8.54. The maximum atomic E-state index is 12.4. The van der Waals surface area contributed by atoms with E-state index in [0.717, 1.165) is 25.9 Å². The smallest absolute Gasteiger partial charge is 0.321 e. The number of likely N-dealkylation sites (tertiary alicyclic amines) is 1. The summed E-state index contributed by atoms with van der Waals surface area (Å²) in [5.74, 6) is 0.529. The van der Waals surface area contributed by atoms with Crippen LogP contribution in [0.2, 0.25) is 0 Å². The van der Waals surface area contributed by atoms with E-state index in [2.05, 4.69) is 34.7 Å². The number of rotatable bonds is 4. The number of piperidine rings is 1. The highest BCUT2D eigenvalue weighted by Crippen LogP contribution is 2.20. The highest BCUT2D eigenvalue weighted by atomic mass is 16.5. The topological polar surface area (TPSA) is 66.5 Å². The van der Waals surface area contributed by atoms with E-state index in [1.807, 2.05) is 17.0 Å². The molecule has 0 atom stereocenters. The van der Waals surface area contributed by atoms with E-state index in [1.165, 1.54) is 11.3 Å². The van der Waals surface area contributed by atoms with E-state index in [4.69, 9.17) is 4.74 Å². The maximum Gasteiger partial charge on any atom is 0.321 e.